The Morgan fingerprint density at radius 3 is 2.10 bits per heavy atom. The summed E-state index contributed by atoms with van der Waals surface area (Å²) < 4.78 is 68.0. The lowest BCUT2D eigenvalue weighted by molar-refractivity contribution is -0.319. The molecule has 0 saturated carbocycles. The quantitative estimate of drug-likeness (QED) is 0.266. The van der Waals surface area contributed by atoms with E-state index in [1.807, 2.05) is 25.9 Å². The highest BCUT2D eigenvalue weighted by Gasteiger charge is 2.54. The molecule has 0 aromatic rings. The number of methoxy groups -OCH3 is 2. The van der Waals surface area contributed by atoms with Gasteiger partial charge in [0.05, 0.1) is 51.8 Å². The van der Waals surface area contributed by atoms with Crippen molar-refractivity contribution in [1.29, 1.82) is 0 Å². The van der Waals surface area contributed by atoms with E-state index in [1.165, 1.54) is 27.9 Å². The molecule has 0 amide bonds. The molecule has 304 valence electrons. The van der Waals surface area contributed by atoms with Gasteiger partial charge in [0, 0.05) is 44.4 Å². The smallest absolute Gasteiger partial charge is 0.311 e. The van der Waals surface area contributed by atoms with Crippen LogP contribution in [0.5, 0.6) is 0 Å². The fourth-order valence-electron chi connectivity index (χ4n) is 8.49. The maximum atomic E-state index is 14.2. The molecule has 4 N–H and O–H groups in total. The molecule has 14 nitrogen and oxygen atoms in total. The second-order valence-corrected chi connectivity index (χ2v) is 16.5. The Balaban J connectivity index is 2.31. The largest absolute Gasteiger partial charge is 0.459 e. The van der Waals surface area contributed by atoms with Crippen LogP contribution in [0.15, 0.2) is 0 Å². The number of esters is 1. The zero-order chi connectivity index (χ0) is 42.2. The second-order valence-electron chi connectivity index (χ2n) is 16.5. The van der Waals surface area contributed by atoms with Gasteiger partial charge < -0.3 is 58.5 Å². The third kappa shape index (κ3) is 9.38. The summed E-state index contributed by atoms with van der Waals surface area (Å²) in [7, 11) is 2.05. The minimum atomic E-state index is -3.03. The van der Waals surface area contributed by atoms with E-state index in [4.69, 9.17) is 37.3 Å². The van der Waals surface area contributed by atoms with Crippen LogP contribution in [-0.4, -0.2) is 150 Å². The molecule has 0 aromatic carbocycles. The molecule has 52 heavy (non-hydrogen) atoms. The zero-order valence-electron chi connectivity index (χ0n) is 36.4. The van der Waals surface area contributed by atoms with Crippen molar-refractivity contribution in [3.05, 3.63) is 0 Å². The molecule has 0 unspecified atom stereocenters. The second kappa shape index (κ2) is 17.7. The molecule has 0 radical (unpaired) electrons. The van der Waals surface area contributed by atoms with Gasteiger partial charge in [-0.3, -0.25) is 9.59 Å². The number of Topliss-reactive ketones (excluding diaryl/α,β-unsaturated/α-hetero) is 1. The standard InChI is InChI=1S/C38H69NO13/c1-15-26-38(10,45)31(42)21(4)28(40)19(2)17-37(9,47-14)33(52-35-29(41)25(39(11)12)16-20(3)48-35)22(5)30(23(6)34(44)50-26)51-27-18-36(8,46-13)32(43)24(7)49-27/h19-27,29-33,35,41-43,45H,15-18H2,1-14H3/t19-,20-,21+,22+,23-,24-,25+,26-,27-,29-,30+,31-,32-,33-,35+,36+,37-,38-/m1/s1/i14D3. The first-order valence-electron chi connectivity index (χ1n) is 20.2. The summed E-state index contributed by atoms with van der Waals surface area (Å²) >= 11 is 0. The molecular formula is C38H69NO13. The van der Waals surface area contributed by atoms with Crippen molar-refractivity contribution < 1.29 is 67.3 Å². The highest BCUT2D eigenvalue weighted by atomic mass is 16.7. The Labute approximate surface area is 314 Å². The zero-order valence-corrected chi connectivity index (χ0v) is 33.4. The van der Waals surface area contributed by atoms with E-state index >= 15 is 0 Å². The summed E-state index contributed by atoms with van der Waals surface area (Å²) in [6.07, 6.45) is -10.9. The molecule has 18 atom stereocenters. The summed E-state index contributed by atoms with van der Waals surface area (Å²) in [4.78, 5) is 30.2. The van der Waals surface area contributed by atoms with Crippen LogP contribution in [0.25, 0.3) is 0 Å². The van der Waals surface area contributed by atoms with Crippen molar-refractivity contribution in [3.63, 3.8) is 0 Å². The van der Waals surface area contributed by atoms with Crippen LogP contribution >= 0.6 is 0 Å². The molecule has 0 aliphatic carbocycles. The highest BCUT2D eigenvalue weighted by Crippen LogP contribution is 2.41. The van der Waals surface area contributed by atoms with Gasteiger partial charge in [-0.25, -0.2) is 0 Å². The van der Waals surface area contributed by atoms with Crippen molar-refractivity contribution >= 4 is 11.8 Å². The van der Waals surface area contributed by atoms with E-state index in [1.54, 1.807) is 41.5 Å². The Kier molecular flexibility index (Phi) is 13.7. The molecule has 3 rings (SSSR count). The molecule has 3 aliphatic rings. The molecule has 3 heterocycles. The number of hydrogen-bond acceptors (Lipinski definition) is 14. The van der Waals surface area contributed by atoms with Gasteiger partial charge in [-0.1, -0.05) is 27.7 Å². The Bertz CT molecular complexity index is 1290. The van der Waals surface area contributed by atoms with Gasteiger partial charge in [0.15, 0.2) is 12.6 Å². The number of carbonyl (C=O) groups excluding carboxylic acids is 2. The van der Waals surface area contributed by atoms with E-state index < -0.39 is 121 Å². The average Bonchev–Trinajstić information content (AvgIpc) is 3.08. The van der Waals surface area contributed by atoms with Gasteiger partial charge in [-0.05, 0) is 74.9 Å². The Hall–Kier alpha value is -1.30. The first-order valence-corrected chi connectivity index (χ1v) is 18.7. The predicted octanol–water partition coefficient (Wildman–Crippen LogP) is 2.44. The predicted molar refractivity (Wildman–Crippen MR) is 191 cm³/mol. The number of rotatable bonds is 8. The fourth-order valence-corrected chi connectivity index (χ4v) is 8.49. The number of cyclic esters (lactones) is 1. The van der Waals surface area contributed by atoms with Crippen LogP contribution in [0.4, 0.5) is 0 Å². The number of likely N-dealkylation sites (N-methyl/N-ethyl adjacent to an activating group) is 1. The van der Waals surface area contributed by atoms with Crippen LogP contribution in [-0.2, 0) is 42.7 Å². The van der Waals surface area contributed by atoms with Gasteiger partial charge in [0.2, 0.25) is 0 Å². The Morgan fingerprint density at radius 1 is 0.904 bits per heavy atom. The molecule has 0 spiro atoms. The first-order chi connectivity index (χ1) is 25.1. The van der Waals surface area contributed by atoms with Gasteiger partial charge in [0.25, 0.3) is 0 Å². The number of aliphatic hydroxyl groups excluding tert-OH is 3. The van der Waals surface area contributed by atoms with Crippen LogP contribution in [0.1, 0.15) is 99.0 Å². The van der Waals surface area contributed by atoms with Gasteiger partial charge >= 0.3 is 5.97 Å². The number of aliphatic hydroxyl groups is 4. The summed E-state index contributed by atoms with van der Waals surface area (Å²) in [5.74, 6) is -5.63. The van der Waals surface area contributed by atoms with Crippen LogP contribution in [0.3, 0.4) is 0 Å². The highest BCUT2D eigenvalue weighted by molar-refractivity contribution is 5.83. The summed E-state index contributed by atoms with van der Waals surface area (Å²) in [5, 5.41) is 45.7. The average molecular weight is 751 g/mol. The van der Waals surface area contributed by atoms with Crippen LogP contribution < -0.4 is 0 Å². The molecule has 0 aromatic heterocycles. The first kappa shape index (κ1) is 40.4. The maximum Gasteiger partial charge on any atom is 0.311 e. The monoisotopic (exact) mass is 750 g/mol. The fraction of sp³-hybridized carbons (Fsp3) is 0.947. The van der Waals surface area contributed by atoms with Gasteiger partial charge in [-0.15, -0.1) is 0 Å². The van der Waals surface area contributed by atoms with E-state index in [0.717, 1.165) is 0 Å². The van der Waals surface area contributed by atoms with Crippen molar-refractivity contribution in [3.8, 4) is 0 Å². The summed E-state index contributed by atoms with van der Waals surface area (Å²) in [6, 6.07) is -0.407. The van der Waals surface area contributed by atoms with Crippen molar-refractivity contribution in [2.24, 2.45) is 23.7 Å². The van der Waals surface area contributed by atoms with E-state index in [0.29, 0.717) is 6.42 Å². The minimum absolute atomic E-state index is 0.0307. The lowest BCUT2D eigenvalue weighted by Crippen LogP contribution is -2.61. The number of ketones is 1. The molecule has 3 aliphatic heterocycles. The maximum absolute atomic E-state index is 14.2. The summed E-state index contributed by atoms with van der Waals surface area (Å²) in [5.41, 5.74) is -5.05. The minimum Gasteiger partial charge on any atom is -0.459 e. The SMILES string of the molecule is [2H]C([2H])([2H])O[C@]1(C)C[C@@H](C)C(=O)[C@H](C)[C@@H](O)[C@](C)(O)[C@@H](CC)OC(=O)[C@H](C)[C@@H](O[C@@H]2C[C@](C)(OC)[C@H](O)[C@@H](C)O2)[C@H](C)[C@H]1O[C@@H]1O[C@H](C)C[C@H](N(C)C)[C@H]1O. The third-order valence-corrected chi connectivity index (χ3v) is 12.0. The number of hydrogen-bond donors (Lipinski definition) is 4. The summed E-state index contributed by atoms with van der Waals surface area (Å²) in [6.45, 7) is 15.9. The topological polar surface area (TPSA) is 183 Å². The molecule has 3 saturated heterocycles. The lowest BCUT2D eigenvalue weighted by atomic mass is 9.74. The van der Waals surface area contributed by atoms with Crippen molar-refractivity contribution in [2.45, 2.75) is 179 Å². The van der Waals surface area contributed by atoms with Gasteiger partial charge in [0.1, 0.15) is 29.7 Å². The molecule has 14 heteroatoms. The van der Waals surface area contributed by atoms with E-state index in [9.17, 15) is 30.0 Å². The molecular weight excluding hydrogens is 678 g/mol. The van der Waals surface area contributed by atoms with E-state index in [2.05, 4.69) is 0 Å². The number of ether oxygens (including phenoxy) is 7. The Morgan fingerprint density at radius 2 is 1.54 bits per heavy atom. The van der Waals surface area contributed by atoms with Crippen molar-refractivity contribution in [1.82, 2.24) is 4.90 Å². The van der Waals surface area contributed by atoms with Crippen molar-refractivity contribution in [2.75, 3.05) is 28.2 Å². The normalized spacial score (nSPS) is 50.1. The van der Waals surface area contributed by atoms with Crippen LogP contribution in [0, 0.1) is 23.7 Å². The van der Waals surface area contributed by atoms with Gasteiger partial charge in [-0.2, -0.15) is 0 Å². The lowest BCUT2D eigenvalue weighted by Gasteiger charge is -2.50. The number of carbonyl (C=O) groups is 2. The molecule has 0 bridgehead atoms. The number of nitrogens with zero attached hydrogens (tertiary/aromatic N) is 1. The van der Waals surface area contributed by atoms with E-state index in [-0.39, 0.29) is 25.4 Å². The van der Waals surface area contributed by atoms with Crippen LogP contribution in [0.2, 0.25) is 0 Å². The third-order valence-electron chi connectivity index (χ3n) is 12.0. The molecule has 3 fully saturated rings.